The van der Waals surface area contributed by atoms with Crippen LogP contribution in [0.2, 0.25) is 0 Å². The molecule has 1 fully saturated rings. The van der Waals surface area contributed by atoms with Crippen molar-refractivity contribution in [3.05, 3.63) is 30.1 Å². The van der Waals surface area contributed by atoms with Crippen LogP contribution >= 0.6 is 0 Å². The molecule has 2 heterocycles. The summed E-state index contributed by atoms with van der Waals surface area (Å²) in [6.45, 7) is 1.40. The number of nitrogens with one attached hydrogen (secondary N) is 1. The molecule has 1 atom stereocenters. The lowest BCUT2D eigenvalue weighted by atomic mass is 10.1. The monoisotopic (exact) mass is 263 g/mol. The van der Waals surface area contributed by atoms with Crippen LogP contribution in [-0.2, 0) is 16.0 Å². The van der Waals surface area contributed by atoms with Crippen LogP contribution in [0, 0.1) is 0 Å². The lowest BCUT2D eigenvalue weighted by molar-refractivity contribution is -0.151. The van der Waals surface area contributed by atoms with Gasteiger partial charge in [-0.1, -0.05) is 6.07 Å². The molecule has 0 spiro atoms. The number of carboxylic acid groups (broad SMARTS) is 1. The second kappa shape index (κ2) is 6.29. The fourth-order valence-electron chi connectivity index (χ4n) is 2.16. The van der Waals surface area contributed by atoms with Crippen molar-refractivity contribution in [2.45, 2.75) is 18.9 Å². The molecule has 102 valence electrons. The minimum absolute atomic E-state index is 0.113. The Morgan fingerprint density at radius 1 is 1.53 bits per heavy atom. The highest BCUT2D eigenvalue weighted by atomic mass is 16.4. The van der Waals surface area contributed by atoms with Crippen LogP contribution in [0.4, 0.5) is 0 Å². The summed E-state index contributed by atoms with van der Waals surface area (Å²) in [6, 6.07) is 2.98. The van der Waals surface area contributed by atoms with Crippen LogP contribution < -0.4 is 5.32 Å². The van der Waals surface area contributed by atoms with Crippen LogP contribution in [-0.4, -0.2) is 52.5 Å². The van der Waals surface area contributed by atoms with Gasteiger partial charge >= 0.3 is 5.97 Å². The van der Waals surface area contributed by atoms with E-state index in [-0.39, 0.29) is 5.91 Å². The molecule has 6 heteroatoms. The molecule has 1 aliphatic heterocycles. The minimum atomic E-state index is -0.957. The number of amides is 1. The number of rotatable bonds is 4. The smallest absolute Gasteiger partial charge is 0.327 e. The lowest BCUT2D eigenvalue weighted by Crippen LogP contribution is -2.57. The van der Waals surface area contributed by atoms with Crippen LogP contribution in [0.3, 0.4) is 0 Å². The molecule has 0 aliphatic carbocycles. The van der Waals surface area contributed by atoms with Gasteiger partial charge in [0.1, 0.15) is 6.04 Å². The van der Waals surface area contributed by atoms with Crippen molar-refractivity contribution in [2.75, 3.05) is 19.6 Å². The van der Waals surface area contributed by atoms with Crippen molar-refractivity contribution < 1.29 is 14.7 Å². The molecule has 2 rings (SSSR count). The number of hydrogen-bond donors (Lipinski definition) is 2. The van der Waals surface area contributed by atoms with E-state index in [4.69, 9.17) is 5.11 Å². The van der Waals surface area contributed by atoms with Crippen molar-refractivity contribution in [1.82, 2.24) is 15.2 Å². The average molecular weight is 263 g/mol. The Bertz CT molecular complexity index is 450. The maximum Gasteiger partial charge on any atom is 0.327 e. The second-order valence-corrected chi connectivity index (χ2v) is 4.51. The third-order valence-corrected chi connectivity index (χ3v) is 3.20. The summed E-state index contributed by atoms with van der Waals surface area (Å²) < 4.78 is 0. The van der Waals surface area contributed by atoms with Gasteiger partial charge < -0.3 is 15.3 Å². The van der Waals surface area contributed by atoms with Crippen molar-refractivity contribution in [3.63, 3.8) is 0 Å². The zero-order valence-electron chi connectivity index (χ0n) is 10.6. The van der Waals surface area contributed by atoms with Gasteiger partial charge in [-0.15, -0.1) is 0 Å². The summed E-state index contributed by atoms with van der Waals surface area (Å²) in [7, 11) is 0. The molecule has 1 unspecified atom stereocenters. The highest BCUT2D eigenvalue weighted by Crippen LogP contribution is 2.09. The molecule has 0 bridgehead atoms. The summed E-state index contributed by atoms with van der Waals surface area (Å²) in [5.74, 6) is -1.07. The van der Waals surface area contributed by atoms with Gasteiger partial charge in [-0.05, 0) is 18.1 Å². The average Bonchev–Trinajstić information content (AvgIpc) is 2.46. The fourth-order valence-corrected chi connectivity index (χ4v) is 2.16. The van der Waals surface area contributed by atoms with Gasteiger partial charge in [0.05, 0.1) is 0 Å². The Kier molecular flexibility index (Phi) is 4.46. The third-order valence-electron chi connectivity index (χ3n) is 3.20. The highest BCUT2D eigenvalue weighted by Gasteiger charge is 2.31. The van der Waals surface area contributed by atoms with E-state index in [0.29, 0.717) is 32.5 Å². The first-order valence-corrected chi connectivity index (χ1v) is 6.30. The van der Waals surface area contributed by atoms with E-state index in [2.05, 4.69) is 10.3 Å². The van der Waals surface area contributed by atoms with Gasteiger partial charge in [-0.2, -0.15) is 0 Å². The minimum Gasteiger partial charge on any atom is -0.480 e. The lowest BCUT2D eigenvalue weighted by Gasteiger charge is -2.33. The summed E-state index contributed by atoms with van der Waals surface area (Å²) in [6.07, 6.45) is 4.31. The number of aromatic nitrogens is 1. The molecular formula is C13H17N3O3. The first-order chi connectivity index (χ1) is 9.18. The van der Waals surface area contributed by atoms with Crippen LogP contribution in [0.5, 0.6) is 0 Å². The van der Waals surface area contributed by atoms with Gasteiger partial charge in [0.2, 0.25) is 5.91 Å². The fraction of sp³-hybridized carbons (Fsp3) is 0.462. The van der Waals surface area contributed by atoms with Gasteiger partial charge in [-0.25, -0.2) is 4.79 Å². The summed E-state index contributed by atoms with van der Waals surface area (Å²) in [5, 5.41) is 12.1. The van der Waals surface area contributed by atoms with Crippen LogP contribution in [0.15, 0.2) is 24.5 Å². The zero-order chi connectivity index (χ0) is 13.7. The summed E-state index contributed by atoms with van der Waals surface area (Å²) in [5.41, 5.74) is 0.984. The number of piperazine rings is 1. The zero-order valence-corrected chi connectivity index (χ0v) is 10.6. The number of carbonyl (C=O) groups excluding carboxylic acids is 1. The SMILES string of the molecule is O=C(O)C1CNCCN1C(=O)CCc1cccnc1. The quantitative estimate of drug-likeness (QED) is 0.792. The van der Waals surface area contributed by atoms with E-state index in [1.165, 1.54) is 4.90 Å². The maximum atomic E-state index is 12.1. The van der Waals surface area contributed by atoms with E-state index >= 15 is 0 Å². The Hall–Kier alpha value is -1.95. The molecule has 2 N–H and O–H groups in total. The number of carboxylic acids is 1. The predicted octanol–water partition coefficient (Wildman–Crippen LogP) is -0.101. The Morgan fingerprint density at radius 2 is 2.37 bits per heavy atom. The van der Waals surface area contributed by atoms with Crippen molar-refractivity contribution in [1.29, 1.82) is 0 Å². The Labute approximate surface area is 111 Å². The van der Waals surface area contributed by atoms with Gasteiger partial charge in [0, 0.05) is 38.4 Å². The Morgan fingerprint density at radius 3 is 3.05 bits per heavy atom. The number of aryl methyl sites for hydroxylation is 1. The van der Waals surface area contributed by atoms with Gasteiger partial charge in [0.25, 0.3) is 0 Å². The molecule has 1 amide bonds. The van der Waals surface area contributed by atoms with Crippen LogP contribution in [0.25, 0.3) is 0 Å². The summed E-state index contributed by atoms with van der Waals surface area (Å²) in [4.78, 5) is 28.6. The topological polar surface area (TPSA) is 82.5 Å². The Balaban J connectivity index is 1.93. The molecular weight excluding hydrogens is 246 g/mol. The second-order valence-electron chi connectivity index (χ2n) is 4.51. The first-order valence-electron chi connectivity index (χ1n) is 6.30. The highest BCUT2D eigenvalue weighted by molar-refractivity contribution is 5.84. The van der Waals surface area contributed by atoms with Crippen molar-refractivity contribution in [2.24, 2.45) is 0 Å². The van der Waals surface area contributed by atoms with Crippen LogP contribution in [0.1, 0.15) is 12.0 Å². The molecule has 0 radical (unpaired) electrons. The molecule has 1 aromatic heterocycles. The van der Waals surface area contributed by atoms with E-state index in [9.17, 15) is 9.59 Å². The molecule has 1 aliphatic rings. The number of carbonyl (C=O) groups is 2. The maximum absolute atomic E-state index is 12.1. The number of hydrogen-bond acceptors (Lipinski definition) is 4. The number of pyridine rings is 1. The van der Waals surface area contributed by atoms with Gasteiger partial charge in [0.15, 0.2) is 0 Å². The molecule has 1 aromatic rings. The first kappa shape index (κ1) is 13.5. The molecule has 19 heavy (non-hydrogen) atoms. The number of aliphatic carboxylic acids is 1. The standard InChI is InChI=1S/C13H17N3O3/c17-12(4-3-10-2-1-5-14-8-10)16-7-6-15-9-11(16)13(18)19/h1-2,5,8,11,15H,3-4,6-7,9H2,(H,18,19). The van der Waals surface area contributed by atoms with E-state index in [0.717, 1.165) is 5.56 Å². The number of nitrogens with zero attached hydrogens (tertiary/aromatic N) is 2. The largest absolute Gasteiger partial charge is 0.480 e. The van der Waals surface area contributed by atoms with E-state index in [1.807, 2.05) is 12.1 Å². The predicted molar refractivity (Wildman–Crippen MR) is 68.6 cm³/mol. The molecule has 0 aromatic carbocycles. The van der Waals surface area contributed by atoms with Gasteiger partial charge in [-0.3, -0.25) is 9.78 Å². The molecule has 6 nitrogen and oxygen atoms in total. The van der Waals surface area contributed by atoms with Crippen molar-refractivity contribution in [3.8, 4) is 0 Å². The summed E-state index contributed by atoms with van der Waals surface area (Å²) >= 11 is 0. The third kappa shape index (κ3) is 3.51. The molecule has 1 saturated heterocycles. The van der Waals surface area contributed by atoms with E-state index < -0.39 is 12.0 Å². The van der Waals surface area contributed by atoms with E-state index in [1.54, 1.807) is 12.4 Å². The van der Waals surface area contributed by atoms with Crippen molar-refractivity contribution >= 4 is 11.9 Å². The normalized spacial score (nSPS) is 19.2. The molecule has 0 saturated carbocycles.